The highest BCUT2D eigenvalue weighted by Crippen LogP contribution is 2.39. The topological polar surface area (TPSA) is 193 Å². The number of rotatable bonds is 14. The molecule has 3 heterocycles. The zero-order valence-corrected chi connectivity index (χ0v) is 34.2. The summed E-state index contributed by atoms with van der Waals surface area (Å²) in [5, 5.41) is 35.2. The molecule has 4 aromatic carbocycles. The van der Waals surface area contributed by atoms with Gasteiger partial charge in [-0.25, -0.2) is 0 Å². The molecule has 60 heavy (non-hydrogen) atoms. The van der Waals surface area contributed by atoms with Crippen molar-refractivity contribution in [1.82, 2.24) is 25.0 Å². The number of phenolic OH excluding ortho intramolecular Hbond substituents is 2. The second kappa shape index (κ2) is 17.2. The Hall–Kier alpha value is -6.83. The minimum Gasteiger partial charge on any atom is -0.508 e. The Morgan fingerprint density at radius 3 is 2.25 bits per heavy atom. The number of anilines is 1. The van der Waals surface area contributed by atoms with E-state index in [4.69, 9.17) is 4.74 Å². The highest BCUT2D eigenvalue weighted by molar-refractivity contribution is 6.07. The fourth-order valence-electron chi connectivity index (χ4n) is 7.87. The van der Waals surface area contributed by atoms with Crippen molar-refractivity contribution >= 4 is 35.1 Å². The first-order valence-electron chi connectivity index (χ1n) is 20.2. The number of Topliss-reactive ketones (excluding diaryl/α,β-unsaturated/α-hetero) is 1. The predicted octanol–water partition coefficient (Wildman–Crippen LogP) is 7.46. The molecule has 14 heteroatoms. The number of aromatic hydroxyl groups is 2. The first-order chi connectivity index (χ1) is 28.7. The second-order valence-corrected chi connectivity index (χ2v) is 16.0. The van der Waals surface area contributed by atoms with Crippen LogP contribution in [0.5, 0.6) is 23.0 Å². The molecule has 0 saturated carbocycles. The molecule has 4 N–H and O–H groups in total. The van der Waals surface area contributed by atoms with Crippen LogP contribution in [0, 0.1) is 11.8 Å². The van der Waals surface area contributed by atoms with Gasteiger partial charge in [-0.3, -0.25) is 33.9 Å². The molecule has 2 aliphatic heterocycles. The number of piperidine rings is 1. The lowest BCUT2D eigenvalue weighted by molar-refractivity contribution is -0.137. The van der Waals surface area contributed by atoms with Crippen molar-refractivity contribution in [2.75, 3.05) is 5.32 Å². The van der Waals surface area contributed by atoms with E-state index in [1.807, 2.05) is 51.3 Å². The summed E-state index contributed by atoms with van der Waals surface area (Å²) < 4.78 is 7.98. The minimum absolute atomic E-state index is 0.0144. The van der Waals surface area contributed by atoms with E-state index < -0.39 is 17.9 Å². The third kappa shape index (κ3) is 8.49. The van der Waals surface area contributed by atoms with Crippen LogP contribution in [0.4, 0.5) is 5.69 Å². The molecule has 4 amide bonds. The van der Waals surface area contributed by atoms with Gasteiger partial charge in [0.1, 0.15) is 34.9 Å². The Labute approximate surface area is 347 Å². The molecule has 2 atom stereocenters. The zero-order valence-electron chi connectivity index (χ0n) is 34.2. The molecule has 2 aliphatic rings. The summed E-state index contributed by atoms with van der Waals surface area (Å²) in [5.41, 5.74) is 3.72. The SMILES string of the molecule is CCc1nnc(-c2cc(C(C)C)c(O)cc2O)n1-c1ccc(Oc2ccc(C(=O)C[C@@H](CC(C)C)C(=O)Nc3cccc4c3CN(C3CCC(=O)NC3=O)C4=O)cc2)cc1. The number of aryl methyl sites for hydroxylation is 1. The molecule has 0 aliphatic carbocycles. The zero-order chi connectivity index (χ0) is 42.8. The first kappa shape index (κ1) is 41.3. The molecule has 7 rings (SSSR count). The number of nitrogens with one attached hydrogen (secondary N) is 2. The Balaban J connectivity index is 1.01. The molecule has 0 bridgehead atoms. The maximum absolute atomic E-state index is 13.8. The number of amides is 4. The van der Waals surface area contributed by atoms with E-state index in [1.54, 1.807) is 60.7 Å². The van der Waals surface area contributed by atoms with Crippen LogP contribution >= 0.6 is 0 Å². The van der Waals surface area contributed by atoms with Crippen LogP contribution in [-0.4, -0.2) is 65.3 Å². The van der Waals surface area contributed by atoms with Crippen LogP contribution < -0.4 is 15.4 Å². The highest BCUT2D eigenvalue weighted by Gasteiger charge is 2.40. The monoisotopic (exact) mass is 812 g/mol. The van der Waals surface area contributed by atoms with Crippen LogP contribution in [0.2, 0.25) is 0 Å². The van der Waals surface area contributed by atoms with Crippen molar-refractivity contribution in [3.63, 3.8) is 0 Å². The number of ether oxygens (including phenoxy) is 1. The number of aromatic nitrogens is 3. The maximum atomic E-state index is 13.8. The van der Waals surface area contributed by atoms with Gasteiger partial charge in [-0.05, 0) is 97.0 Å². The molecule has 1 fully saturated rings. The average Bonchev–Trinajstić information content (AvgIpc) is 3.79. The average molecular weight is 813 g/mol. The summed E-state index contributed by atoms with van der Waals surface area (Å²) in [6.07, 6.45) is 1.37. The lowest BCUT2D eigenvalue weighted by atomic mass is 9.89. The lowest BCUT2D eigenvalue weighted by Crippen LogP contribution is -2.52. The largest absolute Gasteiger partial charge is 0.508 e. The smallest absolute Gasteiger partial charge is 0.255 e. The quantitative estimate of drug-likeness (QED) is 0.0646. The fraction of sp³-hybridized carbons (Fsp3) is 0.326. The summed E-state index contributed by atoms with van der Waals surface area (Å²) in [7, 11) is 0. The number of benzene rings is 4. The van der Waals surface area contributed by atoms with Crippen molar-refractivity contribution < 1.29 is 38.9 Å². The summed E-state index contributed by atoms with van der Waals surface area (Å²) in [6, 6.07) is 21.4. The van der Waals surface area contributed by atoms with E-state index in [-0.39, 0.29) is 72.6 Å². The molecular formula is C46H48N6O8. The van der Waals surface area contributed by atoms with Gasteiger partial charge in [0.2, 0.25) is 17.7 Å². The van der Waals surface area contributed by atoms with Crippen LogP contribution in [0.25, 0.3) is 17.1 Å². The predicted molar refractivity (Wildman–Crippen MR) is 223 cm³/mol. The molecule has 14 nitrogen and oxygen atoms in total. The fourth-order valence-corrected chi connectivity index (χ4v) is 7.87. The van der Waals surface area contributed by atoms with Gasteiger partial charge in [0.15, 0.2) is 11.6 Å². The Morgan fingerprint density at radius 1 is 0.900 bits per heavy atom. The molecule has 310 valence electrons. The Morgan fingerprint density at radius 2 is 1.60 bits per heavy atom. The number of hydrogen-bond donors (Lipinski definition) is 4. The van der Waals surface area contributed by atoms with E-state index in [0.29, 0.717) is 69.5 Å². The standard InChI is InChI=1S/C46H48N6O8/c1-6-41-49-50-43(34-22-33(26(4)5)39(54)23-40(34)55)52(41)29-12-16-31(17-13-29)60-30-14-10-27(11-15-30)38(53)21-28(20-25(2)3)44(57)47-36-9-7-8-32-35(36)24-51(46(32)59)37-18-19-42(56)48-45(37)58/h7-17,22-23,25-26,28,37,54-55H,6,18-21,24H2,1-5H3,(H,47,57)(H,48,56,58)/t28-,37?/m1/s1. The van der Waals surface area contributed by atoms with Crippen molar-refractivity contribution in [1.29, 1.82) is 0 Å². The van der Waals surface area contributed by atoms with E-state index >= 15 is 0 Å². The van der Waals surface area contributed by atoms with Gasteiger partial charge < -0.3 is 25.2 Å². The van der Waals surface area contributed by atoms with Crippen molar-refractivity contribution in [2.45, 2.75) is 85.2 Å². The van der Waals surface area contributed by atoms with Gasteiger partial charge in [-0.1, -0.05) is 40.7 Å². The normalized spacial score (nSPS) is 15.6. The summed E-state index contributed by atoms with van der Waals surface area (Å²) >= 11 is 0. The van der Waals surface area contributed by atoms with Crippen LogP contribution in [0.1, 0.15) is 104 Å². The van der Waals surface area contributed by atoms with E-state index in [0.717, 1.165) is 5.69 Å². The van der Waals surface area contributed by atoms with Gasteiger partial charge in [-0.15, -0.1) is 10.2 Å². The van der Waals surface area contributed by atoms with Crippen LogP contribution in [0.15, 0.2) is 78.9 Å². The van der Waals surface area contributed by atoms with Crippen molar-refractivity contribution in [3.8, 4) is 40.1 Å². The van der Waals surface area contributed by atoms with E-state index in [2.05, 4.69) is 20.8 Å². The second-order valence-electron chi connectivity index (χ2n) is 16.0. The molecule has 1 saturated heterocycles. The number of fused-ring (bicyclic) bond motifs is 1. The first-order valence-corrected chi connectivity index (χ1v) is 20.2. The number of carbonyl (C=O) groups is 5. The summed E-state index contributed by atoms with van der Waals surface area (Å²) in [4.78, 5) is 66.4. The molecule has 5 aromatic rings. The molecule has 1 unspecified atom stereocenters. The summed E-state index contributed by atoms with van der Waals surface area (Å²) in [6.45, 7) is 9.96. The number of ketones is 1. The van der Waals surface area contributed by atoms with Gasteiger partial charge in [-0.2, -0.15) is 0 Å². The van der Waals surface area contributed by atoms with E-state index in [1.165, 1.54) is 11.0 Å². The minimum atomic E-state index is -0.781. The number of phenols is 2. The number of imide groups is 1. The van der Waals surface area contributed by atoms with Crippen LogP contribution in [0.3, 0.4) is 0 Å². The van der Waals surface area contributed by atoms with Gasteiger partial charge in [0.25, 0.3) is 5.91 Å². The van der Waals surface area contributed by atoms with Gasteiger partial charge >= 0.3 is 0 Å². The highest BCUT2D eigenvalue weighted by atomic mass is 16.5. The third-order valence-electron chi connectivity index (χ3n) is 11.0. The van der Waals surface area contributed by atoms with Crippen LogP contribution in [-0.2, 0) is 27.3 Å². The molecule has 0 spiro atoms. The van der Waals surface area contributed by atoms with E-state index in [9.17, 15) is 34.2 Å². The number of hydrogen-bond acceptors (Lipinski definition) is 10. The molecule has 1 aromatic heterocycles. The Bertz CT molecular complexity index is 2470. The van der Waals surface area contributed by atoms with Gasteiger partial charge in [0.05, 0.1) is 5.56 Å². The molecule has 0 radical (unpaired) electrons. The van der Waals surface area contributed by atoms with Gasteiger partial charge in [0, 0.05) is 65.9 Å². The van der Waals surface area contributed by atoms with Crippen molar-refractivity contribution in [2.24, 2.45) is 11.8 Å². The molecular weight excluding hydrogens is 765 g/mol. The summed E-state index contributed by atoms with van der Waals surface area (Å²) in [5.74, 6) is -0.211. The lowest BCUT2D eigenvalue weighted by Gasteiger charge is -2.29. The maximum Gasteiger partial charge on any atom is 0.255 e. The number of carbonyl (C=O) groups excluding carboxylic acids is 5. The van der Waals surface area contributed by atoms with Crippen molar-refractivity contribution in [3.05, 3.63) is 107 Å². The Kier molecular flexibility index (Phi) is 11.8. The third-order valence-corrected chi connectivity index (χ3v) is 11.0. The number of nitrogens with zero attached hydrogens (tertiary/aromatic N) is 4.